The molecule has 0 aliphatic carbocycles. The lowest BCUT2D eigenvalue weighted by Crippen LogP contribution is -2.44. The van der Waals surface area contributed by atoms with Gasteiger partial charge >= 0.3 is 0 Å². The van der Waals surface area contributed by atoms with E-state index in [1.807, 2.05) is 4.90 Å². The van der Waals surface area contributed by atoms with Gasteiger partial charge in [-0.05, 0) is 18.1 Å². The van der Waals surface area contributed by atoms with Crippen molar-refractivity contribution in [1.29, 1.82) is 0 Å². The van der Waals surface area contributed by atoms with Gasteiger partial charge in [-0.2, -0.15) is 0 Å². The second-order valence-corrected chi connectivity index (χ2v) is 8.28. The molecule has 0 saturated carbocycles. The SMILES string of the molecule is C[C@@H](Cc1ccccc1F)C(=O)NCCN1CCS(=O)(=O)CC1. The van der Waals surface area contributed by atoms with E-state index in [4.69, 9.17) is 0 Å². The number of carbonyl (C=O) groups excluding carboxylic acids is 1. The first kappa shape index (κ1) is 17.9. The molecule has 0 unspecified atom stereocenters. The number of carbonyl (C=O) groups is 1. The molecular weight excluding hydrogens is 319 g/mol. The number of nitrogens with one attached hydrogen (secondary N) is 1. The standard InChI is InChI=1S/C16H23FN2O3S/c1-13(12-14-4-2-3-5-15(14)17)16(20)18-6-7-19-8-10-23(21,22)11-9-19/h2-5,13H,6-12H2,1H3,(H,18,20)/t13-/m0/s1. The van der Waals surface area contributed by atoms with Crippen LogP contribution < -0.4 is 5.32 Å². The molecule has 0 aromatic heterocycles. The van der Waals surface area contributed by atoms with Gasteiger partial charge in [0.25, 0.3) is 0 Å². The lowest BCUT2D eigenvalue weighted by atomic mass is 10.00. The molecule has 0 bridgehead atoms. The fraction of sp³-hybridized carbons (Fsp3) is 0.562. The Balaban J connectivity index is 1.71. The molecule has 7 heteroatoms. The smallest absolute Gasteiger partial charge is 0.223 e. The summed E-state index contributed by atoms with van der Waals surface area (Å²) in [5, 5.41) is 2.84. The summed E-state index contributed by atoms with van der Waals surface area (Å²) in [6, 6.07) is 6.47. The first-order valence-electron chi connectivity index (χ1n) is 7.81. The molecule has 1 saturated heterocycles. The third kappa shape index (κ3) is 5.58. The number of hydrogen-bond acceptors (Lipinski definition) is 4. The molecule has 1 amide bonds. The Hall–Kier alpha value is -1.47. The van der Waals surface area contributed by atoms with Crippen LogP contribution in [-0.2, 0) is 21.1 Å². The molecule has 1 N–H and O–H groups in total. The highest BCUT2D eigenvalue weighted by molar-refractivity contribution is 7.91. The highest BCUT2D eigenvalue weighted by atomic mass is 32.2. The van der Waals surface area contributed by atoms with Crippen LogP contribution in [0.25, 0.3) is 0 Å². The van der Waals surface area contributed by atoms with Crippen LogP contribution >= 0.6 is 0 Å². The van der Waals surface area contributed by atoms with Crippen LogP contribution in [0.1, 0.15) is 12.5 Å². The maximum Gasteiger partial charge on any atom is 0.223 e. The van der Waals surface area contributed by atoms with Crippen LogP contribution in [0.4, 0.5) is 4.39 Å². The van der Waals surface area contributed by atoms with E-state index in [0.29, 0.717) is 38.2 Å². The minimum atomic E-state index is -2.87. The second kappa shape index (κ2) is 7.88. The van der Waals surface area contributed by atoms with Gasteiger partial charge in [0.1, 0.15) is 5.82 Å². The fourth-order valence-corrected chi connectivity index (χ4v) is 3.85. The van der Waals surface area contributed by atoms with E-state index < -0.39 is 9.84 Å². The lowest BCUT2D eigenvalue weighted by molar-refractivity contribution is -0.124. The van der Waals surface area contributed by atoms with Crippen LogP contribution in [-0.4, -0.2) is 56.9 Å². The minimum absolute atomic E-state index is 0.113. The second-order valence-electron chi connectivity index (χ2n) is 5.98. The summed E-state index contributed by atoms with van der Waals surface area (Å²) in [5.74, 6) is -0.344. The molecule has 1 aromatic carbocycles. The molecule has 1 aliphatic rings. The molecule has 1 fully saturated rings. The van der Waals surface area contributed by atoms with Crippen molar-refractivity contribution in [2.24, 2.45) is 5.92 Å². The Morgan fingerprint density at radius 1 is 1.30 bits per heavy atom. The van der Waals surface area contributed by atoms with Crippen LogP contribution in [0.5, 0.6) is 0 Å². The van der Waals surface area contributed by atoms with Crippen molar-refractivity contribution in [1.82, 2.24) is 10.2 Å². The summed E-state index contributed by atoms with van der Waals surface area (Å²) >= 11 is 0. The van der Waals surface area contributed by atoms with E-state index >= 15 is 0 Å². The average molecular weight is 342 g/mol. The van der Waals surface area contributed by atoms with Crippen molar-refractivity contribution >= 4 is 15.7 Å². The normalized spacial score (nSPS) is 19.2. The predicted octanol–water partition coefficient (Wildman–Crippen LogP) is 0.851. The zero-order valence-corrected chi connectivity index (χ0v) is 14.1. The summed E-state index contributed by atoms with van der Waals surface area (Å²) in [7, 11) is -2.87. The molecule has 5 nitrogen and oxygen atoms in total. The predicted molar refractivity (Wildman–Crippen MR) is 87.4 cm³/mol. The van der Waals surface area contributed by atoms with Crippen molar-refractivity contribution in [2.45, 2.75) is 13.3 Å². The molecule has 23 heavy (non-hydrogen) atoms. The van der Waals surface area contributed by atoms with Gasteiger partial charge in [0, 0.05) is 32.1 Å². The van der Waals surface area contributed by atoms with E-state index in [2.05, 4.69) is 5.32 Å². The van der Waals surface area contributed by atoms with E-state index in [0.717, 1.165) is 0 Å². The van der Waals surface area contributed by atoms with Gasteiger partial charge in [0.2, 0.25) is 5.91 Å². The van der Waals surface area contributed by atoms with Gasteiger partial charge in [-0.1, -0.05) is 25.1 Å². The van der Waals surface area contributed by atoms with Crippen molar-refractivity contribution in [2.75, 3.05) is 37.7 Å². The first-order valence-corrected chi connectivity index (χ1v) is 9.63. The summed E-state index contributed by atoms with van der Waals surface area (Å²) < 4.78 is 36.3. The van der Waals surface area contributed by atoms with Crippen LogP contribution in [0, 0.1) is 11.7 Å². The number of rotatable bonds is 6. The molecule has 1 aromatic rings. The minimum Gasteiger partial charge on any atom is -0.355 e. The van der Waals surface area contributed by atoms with Gasteiger partial charge in [-0.3, -0.25) is 9.69 Å². The highest BCUT2D eigenvalue weighted by Crippen LogP contribution is 2.12. The van der Waals surface area contributed by atoms with Crippen LogP contribution in [0.15, 0.2) is 24.3 Å². The lowest BCUT2D eigenvalue weighted by Gasteiger charge is -2.26. The largest absolute Gasteiger partial charge is 0.355 e. The number of hydrogen-bond donors (Lipinski definition) is 1. The molecule has 1 heterocycles. The van der Waals surface area contributed by atoms with Gasteiger partial charge in [-0.15, -0.1) is 0 Å². The molecule has 128 valence electrons. The topological polar surface area (TPSA) is 66.5 Å². The van der Waals surface area contributed by atoms with E-state index in [9.17, 15) is 17.6 Å². The summed E-state index contributed by atoms with van der Waals surface area (Å²) in [6.07, 6.45) is 0.362. The number of halogens is 1. The van der Waals surface area contributed by atoms with Crippen molar-refractivity contribution in [3.63, 3.8) is 0 Å². The number of amides is 1. The molecule has 0 spiro atoms. The Kier molecular flexibility index (Phi) is 6.12. The van der Waals surface area contributed by atoms with Crippen molar-refractivity contribution in [3.8, 4) is 0 Å². The van der Waals surface area contributed by atoms with Crippen molar-refractivity contribution in [3.05, 3.63) is 35.6 Å². The Labute approximate surface area is 136 Å². The van der Waals surface area contributed by atoms with Crippen LogP contribution in [0.3, 0.4) is 0 Å². The molecule has 2 rings (SSSR count). The number of nitrogens with zero attached hydrogens (tertiary/aromatic N) is 1. The maximum absolute atomic E-state index is 13.6. The third-order valence-electron chi connectivity index (χ3n) is 4.10. The molecule has 1 atom stereocenters. The fourth-order valence-electron chi connectivity index (χ4n) is 2.57. The number of benzene rings is 1. The molecule has 1 aliphatic heterocycles. The maximum atomic E-state index is 13.6. The summed E-state index contributed by atoms with van der Waals surface area (Å²) in [4.78, 5) is 14.1. The Morgan fingerprint density at radius 2 is 1.96 bits per heavy atom. The zero-order chi connectivity index (χ0) is 16.9. The van der Waals surface area contributed by atoms with Crippen molar-refractivity contribution < 1.29 is 17.6 Å². The number of sulfone groups is 1. The third-order valence-corrected chi connectivity index (χ3v) is 5.70. The van der Waals surface area contributed by atoms with Gasteiger partial charge in [0.05, 0.1) is 11.5 Å². The van der Waals surface area contributed by atoms with Gasteiger partial charge in [-0.25, -0.2) is 12.8 Å². The monoisotopic (exact) mass is 342 g/mol. The summed E-state index contributed by atoms with van der Waals surface area (Å²) in [6.45, 7) is 3.91. The van der Waals surface area contributed by atoms with E-state index in [1.165, 1.54) is 6.07 Å². The first-order chi connectivity index (χ1) is 10.9. The molecular formula is C16H23FN2O3S. The summed E-state index contributed by atoms with van der Waals surface area (Å²) in [5.41, 5.74) is 0.538. The van der Waals surface area contributed by atoms with E-state index in [-0.39, 0.29) is 29.1 Å². The van der Waals surface area contributed by atoms with E-state index in [1.54, 1.807) is 25.1 Å². The molecule has 0 radical (unpaired) electrons. The Morgan fingerprint density at radius 3 is 2.61 bits per heavy atom. The quantitative estimate of drug-likeness (QED) is 0.832. The Bertz CT molecular complexity index is 634. The zero-order valence-electron chi connectivity index (χ0n) is 13.3. The van der Waals surface area contributed by atoms with Crippen LogP contribution in [0.2, 0.25) is 0 Å². The van der Waals surface area contributed by atoms with Gasteiger partial charge < -0.3 is 5.32 Å². The highest BCUT2D eigenvalue weighted by Gasteiger charge is 2.21. The average Bonchev–Trinajstić information content (AvgIpc) is 2.51. The van der Waals surface area contributed by atoms with Gasteiger partial charge in [0.15, 0.2) is 9.84 Å².